The second-order valence-electron chi connectivity index (χ2n) is 6.30. The molecule has 1 unspecified atom stereocenters. The van der Waals surface area contributed by atoms with Crippen LogP contribution in [0.15, 0.2) is 24.5 Å². The first-order valence-corrected chi connectivity index (χ1v) is 8.05. The van der Waals surface area contributed by atoms with Gasteiger partial charge in [0.05, 0.1) is 12.2 Å². The largest absolute Gasteiger partial charge is 0.330 e. The topological polar surface area (TPSA) is 60.0 Å². The molecule has 3 rings (SSSR count). The van der Waals surface area contributed by atoms with E-state index >= 15 is 0 Å². The second kappa shape index (κ2) is 6.58. The lowest BCUT2D eigenvalue weighted by atomic mass is 9.84. The van der Waals surface area contributed by atoms with E-state index in [0.29, 0.717) is 12.5 Å². The van der Waals surface area contributed by atoms with Gasteiger partial charge in [0.15, 0.2) is 0 Å². The zero-order valence-electron chi connectivity index (χ0n) is 13.5. The number of pyridine rings is 1. The van der Waals surface area contributed by atoms with E-state index in [0.717, 1.165) is 37.2 Å². The fraction of sp³-hybridized carbons (Fsp3) is 0.529. The molecule has 2 aromatic rings. The van der Waals surface area contributed by atoms with Crippen LogP contribution in [0.2, 0.25) is 0 Å². The van der Waals surface area contributed by atoms with Crippen molar-refractivity contribution in [1.29, 1.82) is 0 Å². The van der Waals surface area contributed by atoms with Gasteiger partial charge in [-0.3, -0.25) is 9.67 Å². The van der Waals surface area contributed by atoms with E-state index in [1.165, 1.54) is 17.7 Å². The van der Waals surface area contributed by atoms with E-state index < -0.39 is 0 Å². The Labute approximate surface area is 132 Å². The molecule has 1 aliphatic carbocycles. The highest BCUT2D eigenvalue weighted by molar-refractivity contribution is 5.64. The van der Waals surface area contributed by atoms with Crippen molar-refractivity contribution in [2.24, 2.45) is 5.73 Å². The number of rotatable bonds is 5. The van der Waals surface area contributed by atoms with Gasteiger partial charge in [0.1, 0.15) is 0 Å². The lowest BCUT2D eigenvalue weighted by molar-refractivity contribution is 0.367. The molecule has 5 nitrogen and oxygen atoms in total. The van der Waals surface area contributed by atoms with Crippen molar-refractivity contribution >= 4 is 0 Å². The average molecular weight is 299 g/mol. The van der Waals surface area contributed by atoms with Gasteiger partial charge in [0.2, 0.25) is 0 Å². The van der Waals surface area contributed by atoms with Crippen LogP contribution < -0.4 is 5.73 Å². The third-order valence-corrected chi connectivity index (χ3v) is 4.45. The van der Waals surface area contributed by atoms with Gasteiger partial charge in [0, 0.05) is 41.7 Å². The first kappa shape index (κ1) is 15.2. The van der Waals surface area contributed by atoms with E-state index in [-0.39, 0.29) is 0 Å². The first-order chi connectivity index (χ1) is 10.7. The van der Waals surface area contributed by atoms with E-state index in [4.69, 9.17) is 10.8 Å². The van der Waals surface area contributed by atoms with Crippen LogP contribution in [0.4, 0.5) is 0 Å². The second-order valence-corrected chi connectivity index (χ2v) is 6.30. The third kappa shape index (κ3) is 2.91. The quantitative estimate of drug-likeness (QED) is 0.916. The van der Waals surface area contributed by atoms with Crippen LogP contribution in [0.5, 0.6) is 0 Å². The van der Waals surface area contributed by atoms with Gasteiger partial charge in [-0.25, -0.2) is 0 Å². The summed E-state index contributed by atoms with van der Waals surface area (Å²) in [7, 11) is 4.20. The number of aromatic nitrogens is 3. The number of nitrogens with zero attached hydrogens (tertiary/aromatic N) is 4. The van der Waals surface area contributed by atoms with Crippen LogP contribution in [-0.2, 0) is 13.0 Å². The molecule has 0 aromatic carbocycles. The van der Waals surface area contributed by atoms with E-state index in [1.54, 1.807) is 6.20 Å². The van der Waals surface area contributed by atoms with Crippen LogP contribution >= 0.6 is 0 Å². The summed E-state index contributed by atoms with van der Waals surface area (Å²) in [4.78, 5) is 6.45. The first-order valence-electron chi connectivity index (χ1n) is 8.05. The van der Waals surface area contributed by atoms with Crippen molar-refractivity contribution in [2.75, 3.05) is 27.2 Å². The van der Waals surface area contributed by atoms with Gasteiger partial charge in [-0.1, -0.05) is 0 Å². The van der Waals surface area contributed by atoms with Crippen molar-refractivity contribution in [3.63, 3.8) is 0 Å². The van der Waals surface area contributed by atoms with Gasteiger partial charge >= 0.3 is 0 Å². The van der Waals surface area contributed by atoms with Gasteiger partial charge in [-0.15, -0.1) is 0 Å². The van der Waals surface area contributed by atoms with Crippen molar-refractivity contribution in [1.82, 2.24) is 19.7 Å². The van der Waals surface area contributed by atoms with Crippen LogP contribution in [0.1, 0.15) is 30.0 Å². The average Bonchev–Trinajstić information content (AvgIpc) is 2.92. The molecule has 2 heterocycles. The SMILES string of the molecule is CN(C)CCn1nc(-c2cccnc2)c2c1CCCC2CN. The molecule has 0 fully saturated rings. The summed E-state index contributed by atoms with van der Waals surface area (Å²) in [5, 5.41) is 4.93. The fourth-order valence-corrected chi connectivity index (χ4v) is 3.30. The van der Waals surface area contributed by atoms with Gasteiger partial charge in [-0.2, -0.15) is 5.10 Å². The molecule has 2 N–H and O–H groups in total. The lowest BCUT2D eigenvalue weighted by Crippen LogP contribution is -2.22. The van der Waals surface area contributed by atoms with Crippen molar-refractivity contribution < 1.29 is 0 Å². The van der Waals surface area contributed by atoms with Gasteiger partial charge < -0.3 is 10.6 Å². The maximum atomic E-state index is 6.04. The Kier molecular flexibility index (Phi) is 4.55. The molecule has 1 aliphatic rings. The Morgan fingerprint density at radius 3 is 2.95 bits per heavy atom. The summed E-state index contributed by atoms with van der Waals surface area (Å²) in [6.07, 6.45) is 7.18. The Morgan fingerprint density at radius 2 is 2.27 bits per heavy atom. The van der Waals surface area contributed by atoms with Crippen LogP contribution in [0.3, 0.4) is 0 Å². The summed E-state index contributed by atoms with van der Waals surface area (Å²) < 4.78 is 2.19. The monoisotopic (exact) mass is 299 g/mol. The summed E-state index contributed by atoms with van der Waals surface area (Å²) in [6.45, 7) is 2.61. The van der Waals surface area contributed by atoms with Crippen LogP contribution in [0.25, 0.3) is 11.3 Å². The van der Waals surface area contributed by atoms with Gasteiger partial charge in [0.25, 0.3) is 0 Å². The zero-order chi connectivity index (χ0) is 15.5. The molecule has 0 amide bonds. The molecular formula is C17H25N5. The summed E-state index contributed by atoms with van der Waals surface area (Å²) in [5.41, 5.74) is 11.0. The number of hydrogen-bond donors (Lipinski definition) is 1. The minimum atomic E-state index is 0.423. The highest BCUT2D eigenvalue weighted by atomic mass is 15.3. The minimum absolute atomic E-state index is 0.423. The highest BCUT2D eigenvalue weighted by Crippen LogP contribution is 2.37. The highest BCUT2D eigenvalue weighted by Gasteiger charge is 2.28. The molecule has 5 heteroatoms. The summed E-state index contributed by atoms with van der Waals surface area (Å²) >= 11 is 0. The molecule has 0 aliphatic heterocycles. The molecular weight excluding hydrogens is 274 g/mol. The normalized spacial score (nSPS) is 17.7. The van der Waals surface area contributed by atoms with Crippen molar-refractivity contribution in [3.05, 3.63) is 35.8 Å². The Morgan fingerprint density at radius 1 is 1.41 bits per heavy atom. The standard InChI is InChI=1S/C17H25N5/c1-21(2)9-10-22-15-7-3-5-13(11-18)16(15)17(20-22)14-6-4-8-19-12-14/h4,6,8,12-13H,3,5,7,9-11,18H2,1-2H3. The van der Waals surface area contributed by atoms with Gasteiger partial charge in [-0.05, 0) is 52.0 Å². The summed E-state index contributed by atoms with van der Waals surface area (Å²) in [5.74, 6) is 0.423. The molecule has 0 saturated carbocycles. The number of fused-ring (bicyclic) bond motifs is 1. The molecule has 118 valence electrons. The van der Waals surface area contributed by atoms with E-state index in [1.807, 2.05) is 12.3 Å². The predicted molar refractivity (Wildman–Crippen MR) is 88.7 cm³/mol. The Balaban J connectivity index is 2.05. The molecule has 1 atom stereocenters. The molecule has 22 heavy (non-hydrogen) atoms. The predicted octanol–water partition coefficient (Wildman–Crippen LogP) is 1.89. The maximum absolute atomic E-state index is 6.04. The molecule has 0 bridgehead atoms. The number of nitrogens with two attached hydrogens (primary N) is 1. The van der Waals surface area contributed by atoms with Crippen LogP contribution in [0, 0.1) is 0 Å². The summed E-state index contributed by atoms with van der Waals surface area (Å²) in [6, 6.07) is 4.06. The van der Waals surface area contributed by atoms with Crippen LogP contribution in [-0.4, -0.2) is 46.8 Å². The molecule has 0 radical (unpaired) electrons. The smallest absolute Gasteiger partial charge is 0.0976 e. The fourth-order valence-electron chi connectivity index (χ4n) is 3.30. The number of likely N-dealkylation sites (N-methyl/N-ethyl adjacent to an activating group) is 1. The molecule has 2 aromatic heterocycles. The Bertz CT molecular complexity index is 617. The van der Waals surface area contributed by atoms with E-state index in [9.17, 15) is 0 Å². The van der Waals surface area contributed by atoms with Crippen molar-refractivity contribution in [2.45, 2.75) is 31.7 Å². The number of hydrogen-bond acceptors (Lipinski definition) is 4. The molecule has 0 saturated heterocycles. The zero-order valence-corrected chi connectivity index (χ0v) is 13.5. The Hall–Kier alpha value is -1.72. The maximum Gasteiger partial charge on any atom is 0.0976 e. The third-order valence-electron chi connectivity index (χ3n) is 4.45. The van der Waals surface area contributed by atoms with E-state index in [2.05, 4.69) is 34.7 Å². The molecule has 0 spiro atoms. The van der Waals surface area contributed by atoms with Crippen molar-refractivity contribution in [3.8, 4) is 11.3 Å². The lowest BCUT2D eigenvalue weighted by Gasteiger charge is -2.23. The minimum Gasteiger partial charge on any atom is -0.330 e.